The molecule has 16 heavy (non-hydrogen) atoms. The molecular formula is C12H19ClN2O. The molecule has 1 aliphatic heterocycles. The van der Waals surface area contributed by atoms with Crippen molar-refractivity contribution >= 4 is 23.1 Å². The van der Waals surface area contributed by atoms with E-state index in [1.165, 1.54) is 0 Å². The fourth-order valence-electron chi connectivity index (χ4n) is 2.82. The molecule has 2 unspecified atom stereocenters. The first-order valence-electron chi connectivity index (χ1n) is 5.94. The maximum absolute atomic E-state index is 12.1. The van der Waals surface area contributed by atoms with Crippen molar-refractivity contribution in [3.63, 3.8) is 0 Å². The summed E-state index contributed by atoms with van der Waals surface area (Å²) in [6.45, 7) is 4.30. The first kappa shape index (κ1) is 11.9. The molecule has 0 aromatic heterocycles. The predicted octanol–water partition coefficient (Wildman–Crippen LogP) is 2.34. The quantitative estimate of drug-likeness (QED) is 0.772. The van der Waals surface area contributed by atoms with E-state index in [9.17, 15) is 4.79 Å². The fraction of sp³-hybridized carbons (Fsp3) is 0.833. The maximum Gasteiger partial charge on any atom is 0.144 e. The topological polar surface area (TPSA) is 41.5 Å². The molecule has 2 aliphatic rings. The SMILES string of the molecule is CC1(C)CC(=O)C2C(CCCCl)=NNC2C1. The summed E-state index contributed by atoms with van der Waals surface area (Å²) in [5.41, 5.74) is 4.26. The number of Topliss-reactive ketones (excluding diaryl/α,β-unsaturated/α-hetero) is 1. The lowest BCUT2D eigenvalue weighted by molar-refractivity contribution is -0.126. The molecule has 4 heteroatoms. The second-order valence-corrected chi connectivity index (χ2v) is 6.00. The minimum Gasteiger partial charge on any atom is -0.306 e. The Morgan fingerprint density at radius 2 is 2.31 bits per heavy atom. The number of ketones is 1. The van der Waals surface area contributed by atoms with Crippen LogP contribution < -0.4 is 5.43 Å². The molecular weight excluding hydrogens is 224 g/mol. The number of carbonyl (C=O) groups excluding carboxylic acids is 1. The van der Waals surface area contributed by atoms with Gasteiger partial charge in [-0.3, -0.25) is 4.79 Å². The van der Waals surface area contributed by atoms with E-state index in [-0.39, 0.29) is 17.4 Å². The van der Waals surface area contributed by atoms with E-state index in [2.05, 4.69) is 24.4 Å². The van der Waals surface area contributed by atoms with Crippen molar-refractivity contribution in [1.82, 2.24) is 5.43 Å². The number of hydrogen-bond acceptors (Lipinski definition) is 3. The van der Waals surface area contributed by atoms with E-state index >= 15 is 0 Å². The minimum absolute atomic E-state index is 0.0243. The van der Waals surface area contributed by atoms with E-state index in [1.54, 1.807) is 0 Å². The zero-order valence-electron chi connectivity index (χ0n) is 9.92. The van der Waals surface area contributed by atoms with Crippen LogP contribution in [0, 0.1) is 11.3 Å². The highest BCUT2D eigenvalue weighted by Crippen LogP contribution is 2.39. The minimum atomic E-state index is 0.0243. The molecule has 2 rings (SSSR count). The van der Waals surface area contributed by atoms with Crippen LogP contribution in [0.3, 0.4) is 0 Å². The molecule has 0 aromatic rings. The van der Waals surface area contributed by atoms with E-state index in [1.807, 2.05) is 0 Å². The van der Waals surface area contributed by atoms with Gasteiger partial charge in [-0.1, -0.05) is 13.8 Å². The van der Waals surface area contributed by atoms with Gasteiger partial charge in [-0.25, -0.2) is 0 Å². The summed E-state index contributed by atoms with van der Waals surface area (Å²) in [6, 6.07) is 0.224. The monoisotopic (exact) mass is 242 g/mol. The van der Waals surface area contributed by atoms with Crippen LogP contribution in [0.15, 0.2) is 5.10 Å². The molecule has 1 N–H and O–H groups in total. The van der Waals surface area contributed by atoms with E-state index in [0.29, 0.717) is 18.1 Å². The summed E-state index contributed by atoms with van der Waals surface area (Å²) < 4.78 is 0. The van der Waals surface area contributed by atoms with Gasteiger partial charge in [0.05, 0.1) is 17.7 Å². The Hall–Kier alpha value is -0.570. The summed E-state index contributed by atoms with van der Waals surface area (Å²) in [7, 11) is 0. The van der Waals surface area contributed by atoms with Crippen molar-refractivity contribution in [1.29, 1.82) is 0 Å². The van der Waals surface area contributed by atoms with Gasteiger partial charge in [-0.05, 0) is 24.7 Å². The van der Waals surface area contributed by atoms with E-state index in [0.717, 1.165) is 25.0 Å². The molecule has 1 aliphatic carbocycles. The molecule has 1 heterocycles. The molecule has 2 atom stereocenters. The average Bonchev–Trinajstić information content (AvgIpc) is 2.56. The van der Waals surface area contributed by atoms with E-state index in [4.69, 9.17) is 11.6 Å². The first-order valence-corrected chi connectivity index (χ1v) is 6.47. The molecule has 90 valence electrons. The number of nitrogens with one attached hydrogen (secondary N) is 1. The van der Waals surface area contributed by atoms with Gasteiger partial charge in [0.2, 0.25) is 0 Å². The highest BCUT2D eigenvalue weighted by Gasteiger charge is 2.45. The van der Waals surface area contributed by atoms with Gasteiger partial charge in [0.1, 0.15) is 5.78 Å². The van der Waals surface area contributed by atoms with Crippen LogP contribution in [0.1, 0.15) is 39.5 Å². The van der Waals surface area contributed by atoms with Gasteiger partial charge in [-0.15, -0.1) is 11.6 Å². The lowest BCUT2D eigenvalue weighted by Gasteiger charge is -2.36. The normalized spacial score (nSPS) is 31.9. The smallest absolute Gasteiger partial charge is 0.144 e. The molecule has 0 radical (unpaired) electrons. The highest BCUT2D eigenvalue weighted by atomic mass is 35.5. The Morgan fingerprint density at radius 1 is 1.56 bits per heavy atom. The number of fused-ring (bicyclic) bond motifs is 1. The largest absolute Gasteiger partial charge is 0.306 e. The third-order valence-corrected chi connectivity index (χ3v) is 3.74. The second kappa shape index (κ2) is 4.36. The standard InChI is InChI=1S/C12H19ClN2O/c1-12(2)6-9-11(10(16)7-12)8(14-15-9)4-3-5-13/h9,11,15H,3-7H2,1-2H3. The van der Waals surface area contributed by atoms with Crippen LogP contribution in [0.5, 0.6) is 0 Å². The van der Waals surface area contributed by atoms with Gasteiger partial charge in [0.15, 0.2) is 0 Å². The number of halogens is 1. The number of hydrazone groups is 1. The zero-order valence-corrected chi connectivity index (χ0v) is 10.7. The van der Waals surface area contributed by atoms with Gasteiger partial charge in [-0.2, -0.15) is 5.10 Å². The predicted molar refractivity (Wildman–Crippen MR) is 65.8 cm³/mol. The molecule has 0 spiro atoms. The number of carbonyl (C=O) groups is 1. The Kier molecular flexibility index (Phi) is 3.24. The summed E-state index contributed by atoms with van der Waals surface area (Å²) >= 11 is 5.68. The number of nitrogens with zero attached hydrogens (tertiary/aromatic N) is 1. The van der Waals surface area contributed by atoms with Crippen molar-refractivity contribution in [2.24, 2.45) is 16.4 Å². The van der Waals surface area contributed by atoms with Crippen molar-refractivity contribution in [3.8, 4) is 0 Å². The van der Waals surface area contributed by atoms with Crippen LogP contribution >= 0.6 is 11.6 Å². The Labute approximate surface area is 102 Å². The van der Waals surface area contributed by atoms with Crippen molar-refractivity contribution in [2.75, 3.05) is 5.88 Å². The van der Waals surface area contributed by atoms with Crippen molar-refractivity contribution in [3.05, 3.63) is 0 Å². The van der Waals surface area contributed by atoms with Gasteiger partial charge >= 0.3 is 0 Å². The Bertz CT molecular complexity index is 325. The van der Waals surface area contributed by atoms with Gasteiger partial charge < -0.3 is 5.43 Å². The van der Waals surface area contributed by atoms with Crippen LogP contribution in [-0.2, 0) is 4.79 Å². The number of alkyl halides is 1. The van der Waals surface area contributed by atoms with Crippen molar-refractivity contribution < 1.29 is 4.79 Å². The average molecular weight is 243 g/mol. The van der Waals surface area contributed by atoms with Crippen molar-refractivity contribution in [2.45, 2.75) is 45.6 Å². The van der Waals surface area contributed by atoms with Gasteiger partial charge in [0, 0.05) is 12.3 Å². The molecule has 3 nitrogen and oxygen atoms in total. The molecule has 0 saturated heterocycles. The zero-order chi connectivity index (χ0) is 11.8. The number of rotatable bonds is 3. The summed E-state index contributed by atoms with van der Waals surface area (Å²) in [6.07, 6.45) is 3.46. The molecule has 0 bridgehead atoms. The molecule has 1 saturated carbocycles. The summed E-state index contributed by atoms with van der Waals surface area (Å²) in [5, 5.41) is 4.32. The molecule has 0 aromatic carbocycles. The number of hydrogen-bond donors (Lipinski definition) is 1. The lowest BCUT2D eigenvalue weighted by atomic mass is 9.68. The van der Waals surface area contributed by atoms with E-state index < -0.39 is 0 Å². The van der Waals surface area contributed by atoms with Crippen LogP contribution in [-0.4, -0.2) is 23.4 Å². The fourth-order valence-corrected chi connectivity index (χ4v) is 2.96. The summed E-state index contributed by atoms with van der Waals surface area (Å²) in [4.78, 5) is 12.1. The van der Waals surface area contributed by atoms with Crippen LogP contribution in [0.2, 0.25) is 0 Å². The first-order chi connectivity index (χ1) is 7.53. The highest BCUT2D eigenvalue weighted by molar-refractivity contribution is 6.18. The maximum atomic E-state index is 12.1. The van der Waals surface area contributed by atoms with Gasteiger partial charge in [0.25, 0.3) is 0 Å². The van der Waals surface area contributed by atoms with Crippen LogP contribution in [0.25, 0.3) is 0 Å². The Balaban J connectivity index is 2.06. The third kappa shape index (κ3) is 2.24. The van der Waals surface area contributed by atoms with Crippen LogP contribution in [0.4, 0.5) is 0 Å². The second-order valence-electron chi connectivity index (χ2n) is 5.62. The molecule has 0 amide bonds. The molecule has 1 fully saturated rings. The lowest BCUT2D eigenvalue weighted by Crippen LogP contribution is -2.45. The summed E-state index contributed by atoms with van der Waals surface area (Å²) in [5.74, 6) is 1.01. The Morgan fingerprint density at radius 3 is 3.00 bits per heavy atom. The third-order valence-electron chi connectivity index (χ3n) is 3.47.